The minimum Gasteiger partial charge on any atom is -0.492 e. The third-order valence-electron chi connectivity index (χ3n) is 3.89. The molecular formula is C18H20ClNO. The molecule has 0 amide bonds. The topological polar surface area (TPSA) is 21.3 Å². The number of benzene rings is 2. The lowest BCUT2D eigenvalue weighted by atomic mass is 10.1. The SMILES string of the molecule is Cc1cccc(OCCNC2Cc3ccc(Cl)cc3C2)c1. The van der Waals surface area contributed by atoms with Gasteiger partial charge in [0.2, 0.25) is 0 Å². The van der Waals surface area contributed by atoms with Crippen LogP contribution in [0.1, 0.15) is 16.7 Å². The number of nitrogens with one attached hydrogen (secondary N) is 1. The second-order valence-electron chi connectivity index (χ2n) is 5.64. The van der Waals surface area contributed by atoms with Crippen molar-refractivity contribution in [2.24, 2.45) is 0 Å². The highest BCUT2D eigenvalue weighted by Gasteiger charge is 2.20. The highest BCUT2D eigenvalue weighted by Crippen LogP contribution is 2.25. The zero-order chi connectivity index (χ0) is 14.7. The van der Waals surface area contributed by atoms with Crippen LogP contribution in [0, 0.1) is 6.92 Å². The molecule has 0 spiro atoms. The fourth-order valence-electron chi connectivity index (χ4n) is 2.87. The Hall–Kier alpha value is -1.51. The van der Waals surface area contributed by atoms with Crippen molar-refractivity contribution < 1.29 is 4.74 Å². The Kier molecular flexibility index (Phi) is 4.47. The van der Waals surface area contributed by atoms with Crippen LogP contribution in [-0.4, -0.2) is 19.2 Å². The van der Waals surface area contributed by atoms with Crippen LogP contribution in [0.25, 0.3) is 0 Å². The average molecular weight is 302 g/mol. The van der Waals surface area contributed by atoms with Crippen LogP contribution >= 0.6 is 11.6 Å². The summed E-state index contributed by atoms with van der Waals surface area (Å²) in [7, 11) is 0. The summed E-state index contributed by atoms with van der Waals surface area (Å²) in [4.78, 5) is 0. The number of hydrogen-bond acceptors (Lipinski definition) is 2. The van der Waals surface area contributed by atoms with E-state index in [2.05, 4.69) is 36.5 Å². The fraction of sp³-hybridized carbons (Fsp3) is 0.333. The largest absolute Gasteiger partial charge is 0.492 e. The average Bonchev–Trinajstić information content (AvgIpc) is 2.85. The molecule has 0 aliphatic heterocycles. The van der Waals surface area contributed by atoms with E-state index in [1.165, 1.54) is 16.7 Å². The molecule has 0 saturated heterocycles. The quantitative estimate of drug-likeness (QED) is 0.849. The van der Waals surface area contributed by atoms with Gasteiger partial charge in [0.1, 0.15) is 12.4 Å². The van der Waals surface area contributed by atoms with E-state index in [0.717, 1.165) is 30.2 Å². The third kappa shape index (κ3) is 3.78. The molecule has 2 nitrogen and oxygen atoms in total. The minimum atomic E-state index is 0.500. The number of aryl methyl sites for hydroxylation is 1. The molecule has 1 aliphatic rings. The summed E-state index contributed by atoms with van der Waals surface area (Å²) < 4.78 is 5.76. The Balaban J connectivity index is 1.43. The van der Waals surface area contributed by atoms with Gasteiger partial charge in [0.05, 0.1) is 0 Å². The van der Waals surface area contributed by atoms with E-state index < -0.39 is 0 Å². The Morgan fingerprint density at radius 2 is 2.00 bits per heavy atom. The highest BCUT2D eigenvalue weighted by molar-refractivity contribution is 6.30. The monoisotopic (exact) mass is 301 g/mol. The lowest BCUT2D eigenvalue weighted by Crippen LogP contribution is -2.33. The molecule has 1 aliphatic carbocycles. The fourth-order valence-corrected chi connectivity index (χ4v) is 3.06. The summed E-state index contributed by atoms with van der Waals surface area (Å²) in [5.74, 6) is 0.943. The second kappa shape index (κ2) is 6.50. The number of ether oxygens (including phenoxy) is 1. The van der Waals surface area contributed by atoms with Crippen molar-refractivity contribution in [1.29, 1.82) is 0 Å². The Morgan fingerprint density at radius 3 is 2.86 bits per heavy atom. The van der Waals surface area contributed by atoms with Crippen LogP contribution in [0.5, 0.6) is 5.75 Å². The third-order valence-corrected chi connectivity index (χ3v) is 4.13. The molecule has 2 aromatic carbocycles. The minimum absolute atomic E-state index is 0.500. The van der Waals surface area contributed by atoms with Gasteiger partial charge in [0.15, 0.2) is 0 Å². The molecule has 0 radical (unpaired) electrons. The van der Waals surface area contributed by atoms with Gasteiger partial charge in [0, 0.05) is 17.6 Å². The van der Waals surface area contributed by atoms with Crippen molar-refractivity contribution in [3.63, 3.8) is 0 Å². The summed E-state index contributed by atoms with van der Waals surface area (Å²) in [6, 6.07) is 14.9. The number of fused-ring (bicyclic) bond motifs is 1. The first-order valence-corrected chi connectivity index (χ1v) is 7.78. The van der Waals surface area contributed by atoms with Crippen molar-refractivity contribution in [2.75, 3.05) is 13.2 Å². The Labute approximate surface area is 131 Å². The van der Waals surface area contributed by atoms with E-state index in [-0.39, 0.29) is 0 Å². The van der Waals surface area contributed by atoms with Crippen molar-refractivity contribution in [2.45, 2.75) is 25.8 Å². The van der Waals surface area contributed by atoms with Crippen LogP contribution in [0.15, 0.2) is 42.5 Å². The molecule has 2 aromatic rings. The zero-order valence-corrected chi connectivity index (χ0v) is 13.0. The van der Waals surface area contributed by atoms with Gasteiger partial charge in [-0.25, -0.2) is 0 Å². The van der Waals surface area contributed by atoms with E-state index in [9.17, 15) is 0 Å². The van der Waals surface area contributed by atoms with Gasteiger partial charge >= 0.3 is 0 Å². The van der Waals surface area contributed by atoms with Gasteiger partial charge in [-0.3, -0.25) is 0 Å². The highest BCUT2D eigenvalue weighted by atomic mass is 35.5. The van der Waals surface area contributed by atoms with Crippen molar-refractivity contribution in [1.82, 2.24) is 5.32 Å². The van der Waals surface area contributed by atoms with E-state index in [4.69, 9.17) is 16.3 Å². The van der Waals surface area contributed by atoms with Gasteiger partial charge in [0.25, 0.3) is 0 Å². The molecular weight excluding hydrogens is 282 g/mol. The lowest BCUT2D eigenvalue weighted by Gasteiger charge is -2.12. The standard InChI is InChI=1S/C18H20ClNO/c1-13-3-2-4-18(9-13)21-8-7-20-17-11-14-5-6-16(19)10-15(14)12-17/h2-6,9-10,17,20H,7-8,11-12H2,1H3. The molecule has 0 heterocycles. The lowest BCUT2D eigenvalue weighted by molar-refractivity contribution is 0.305. The van der Waals surface area contributed by atoms with Gasteiger partial charge in [-0.15, -0.1) is 0 Å². The predicted octanol–water partition coefficient (Wildman–Crippen LogP) is 3.78. The maximum absolute atomic E-state index is 6.04. The first kappa shape index (κ1) is 14.4. The molecule has 3 heteroatoms. The van der Waals surface area contributed by atoms with Crippen LogP contribution in [0.2, 0.25) is 5.02 Å². The molecule has 21 heavy (non-hydrogen) atoms. The van der Waals surface area contributed by atoms with Gasteiger partial charge < -0.3 is 10.1 Å². The first-order valence-electron chi connectivity index (χ1n) is 7.41. The van der Waals surface area contributed by atoms with E-state index >= 15 is 0 Å². The summed E-state index contributed by atoms with van der Waals surface area (Å²) in [6.45, 7) is 3.63. The molecule has 3 rings (SSSR count). The number of hydrogen-bond donors (Lipinski definition) is 1. The molecule has 0 saturated carbocycles. The summed E-state index contributed by atoms with van der Waals surface area (Å²) in [6.07, 6.45) is 2.14. The van der Waals surface area contributed by atoms with Crippen molar-refractivity contribution >= 4 is 11.6 Å². The van der Waals surface area contributed by atoms with Crippen LogP contribution in [-0.2, 0) is 12.8 Å². The molecule has 0 fully saturated rings. The van der Waals surface area contributed by atoms with Gasteiger partial charge in [-0.05, 0) is 60.7 Å². The maximum Gasteiger partial charge on any atom is 0.119 e. The summed E-state index contributed by atoms with van der Waals surface area (Å²) in [5, 5.41) is 4.40. The first-order chi connectivity index (χ1) is 10.2. The summed E-state index contributed by atoms with van der Waals surface area (Å²) in [5.41, 5.74) is 4.01. The van der Waals surface area contributed by atoms with E-state index in [0.29, 0.717) is 12.6 Å². The number of halogens is 1. The number of rotatable bonds is 5. The van der Waals surface area contributed by atoms with Gasteiger partial charge in [-0.1, -0.05) is 29.8 Å². The summed E-state index contributed by atoms with van der Waals surface area (Å²) >= 11 is 6.04. The zero-order valence-electron chi connectivity index (χ0n) is 12.2. The van der Waals surface area contributed by atoms with Crippen molar-refractivity contribution in [3.8, 4) is 5.75 Å². The van der Waals surface area contributed by atoms with Crippen LogP contribution in [0.4, 0.5) is 0 Å². The molecule has 1 atom stereocenters. The normalized spacial score (nSPS) is 16.8. The smallest absolute Gasteiger partial charge is 0.119 e. The molecule has 0 aromatic heterocycles. The molecule has 0 bridgehead atoms. The predicted molar refractivity (Wildman–Crippen MR) is 87.3 cm³/mol. The maximum atomic E-state index is 6.04. The Morgan fingerprint density at radius 1 is 1.14 bits per heavy atom. The second-order valence-corrected chi connectivity index (χ2v) is 6.07. The van der Waals surface area contributed by atoms with E-state index in [1.807, 2.05) is 18.2 Å². The van der Waals surface area contributed by atoms with Crippen molar-refractivity contribution in [3.05, 3.63) is 64.2 Å². The van der Waals surface area contributed by atoms with Crippen LogP contribution in [0.3, 0.4) is 0 Å². The van der Waals surface area contributed by atoms with Gasteiger partial charge in [-0.2, -0.15) is 0 Å². The molecule has 1 N–H and O–H groups in total. The molecule has 1 unspecified atom stereocenters. The molecule has 110 valence electrons. The Bertz CT molecular complexity index is 626. The van der Waals surface area contributed by atoms with E-state index in [1.54, 1.807) is 0 Å². The van der Waals surface area contributed by atoms with Crippen LogP contribution < -0.4 is 10.1 Å².